The molecule has 0 radical (unpaired) electrons. The lowest BCUT2D eigenvalue weighted by Gasteiger charge is -2.16. The van der Waals surface area contributed by atoms with Crippen molar-refractivity contribution in [2.45, 2.75) is 5.22 Å². The zero-order valence-corrected chi connectivity index (χ0v) is 18.1. The molecule has 3 aromatic rings. The number of halogens is 2. The number of benzene rings is 2. The molecule has 0 spiro atoms. The SMILES string of the molecule is CN(CCOc1ccc(Br)cc1)C(=O)CSc1nnc(-c2cccc(Cl)c2)o1. The summed E-state index contributed by atoms with van der Waals surface area (Å²) in [5, 5.41) is 8.89. The number of nitrogens with zero attached hydrogens (tertiary/aromatic N) is 3. The third-order valence-electron chi connectivity index (χ3n) is 3.73. The Hall–Kier alpha value is -2.03. The summed E-state index contributed by atoms with van der Waals surface area (Å²) in [6.45, 7) is 0.890. The maximum absolute atomic E-state index is 12.3. The van der Waals surface area contributed by atoms with Crippen LogP contribution in [0.5, 0.6) is 5.75 Å². The van der Waals surface area contributed by atoms with Gasteiger partial charge in [-0.25, -0.2) is 0 Å². The highest BCUT2D eigenvalue weighted by Gasteiger charge is 2.14. The number of aromatic nitrogens is 2. The molecular formula is C19H17BrClN3O3S. The van der Waals surface area contributed by atoms with E-state index in [2.05, 4.69) is 26.1 Å². The first kappa shape index (κ1) is 20.7. The van der Waals surface area contributed by atoms with Gasteiger partial charge in [0.25, 0.3) is 5.22 Å². The molecule has 9 heteroatoms. The van der Waals surface area contributed by atoms with Gasteiger partial charge in [0, 0.05) is 22.1 Å². The molecule has 0 saturated heterocycles. The molecule has 3 rings (SSSR count). The van der Waals surface area contributed by atoms with Crippen molar-refractivity contribution >= 4 is 45.2 Å². The van der Waals surface area contributed by atoms with Crippen molar-refractivity contribution in [1.29, 1.82) is 0 Å². The predicted molar refractivity (Wildman–Crippen MR) is 113 cm³/mol. The number of hydrogen-bond acceptors (Lipinski definition) is 6. The second-order valence-electron chi connectivity index (χ2n) is 5.79. The molecule has 1 amide bonds. The molecule has 0 N–H and O–H groups in total. The summed E-state index contributed by atoms with van der Waals surface area (Å²) in [6, 6.07) is 14.7. The lowest BCUT2D eigenvalue weighted by atomic mass is 10.2. The molecule has 0 aliphatic rings. The van der Waals surface area contributed by atoms with E-state index < -0.39 is 0 Å². The van der Waals surface area contributed by atoms with Gasteiger partial charge >= 0.3 is 0 Å². The molecule has 0 aliphatic carbocycles. The summed E-state index contributed by atoms with van der Waals surface area (Å²) in [4.78, 5) is 13.9. The normalized spacial score (nSPS) is 10.7. The minimum atomic E-state index is -0.0492. The minimum Gasteiger partial charge on any atom is -0.492 e. The van der Waals surface area contributed by atoms with Crippen LogP contribution in [-0.4, -0.2) is 47.0 Å². The Morgan fingerprint density at radius 3 is 2.79 bits per heavy atom. The highest BCUT2D eigenvalue weighted by molar-refractivity contribution is 9.10. The second-order valence-corrected chi connectivity index (χ2v) is 8.07. The van der Waals surface area contributed by atoms with Crippen LogP contribution in [0.4, 0.5) is 0 Å². The van der Waals surface area contributed by atoms with E-state index in [1.165, 1.54) is 11.8 Å². The van der Waals surface area contributed by atoms with Gasteiger partial charge in [-0.3, -0.25) is 4.79 Å². The van der Waals surface area contributed by atoms with Crippen molar-refractivity contribution in [3.63, 3.8) is 0 Å². The van der Waals surface area contributed by atoms with Crippen LogP contribution < -0.4 is 4.74 Å². The fourth-order valence-electron chi connectivity index (χ4n) is 2.20. The molecule has 28 heavy (non-hydrogen) atoms. The Morgan fingerprint density at radius 1 is 1.25 bits per heavy atom. The molecule has 6 nitrogen and oxygen atoms in total. The second kappa shape index (κ2) is 9.95. The first-order chi connectivity index (χ1) is 13.5. The molecule has 0 bridgehead atoms. The van der Waals surface area contributed by atoms with Crippen molar-refractivity contribution < 1.29 is 13.9 Å². The lowest BCUT2D eigenvalue weighted by molar-refractivity contribution is -0.127. The maximum Gasteiger partial charge on any atom is 0.277 e. The van der Waals surface area contributed by atoms with Crippen LogP contribution in [0.2, 0.25) is 5.02 Å². The Labute approximate surface area is 180 Å². The van der Waals surface area contributed by atoms with E-state index in [9.17, 15) is 4.79 Å². The fraction of sp³-hybridized carbons (Fsp3) is 0.211. The van der Waals surface area contributed by atoms with Crippen molar-refractivity contribution in [1.82, 2.24) is 15.1 Å². The minimum absolute atomic E-state index is 0.0492. The van der Waals surface area contributed by atoms with E-state index in [1.807, 2.05) is 36.4 Å². The summed E-state index contributed by atoms with van der Waals surface area (Å²) in [5.41, 5.74) is 0.736. The van der Waals surface area contributed by atoms with Gasteiger partial charge in [-0.15, -0.1) is 10.2 Å². The van der Waals surface area contributed by atoms with Gasteiger partial charge in [0.2, 0.25) is 11.8 Å². The number of amides is 1. The number of carbonyl (C=O) groups is 1. The molecular weight excluding hydrogens is 466 g/mol. The van der Waals surface area contributed by atoms with E-state index in [0.717, 1.165) is 15.8 Å². The van der Waals surface area contributed by atoms with Crippen LogP contribution in [-0.2, 0) is 4.79 Å². The Balaban J connectivity index is 1.44. The molecule has 1 heterocycles. The molecule has 1 aromatic heterocycles. The van der Waals surface area contributed by atoms with Crippen molar-refractivity contribution in [3.8, 4) is 17.2 Å². The molecule has 0 aliphatic heterocycles. The van der Waals surface area contributed by atoms with Crippen LogP contribution in [0, 0.1) is 0 Å². The Morgan fingerprint density at radius 2 is 2.04 bits per heavy atom. The third-order valence-corrected chi connectivity index (χ3v) is 5.30. The Kier molecular flexibility index (Phi) is 7.36. The highest BCUT2D eigenvalue weighted by atomic mass is 79.9. The summed E-state index contributed by atoms with van der Waals surface area (Å²) in [5.74, 6) is 1.28. The van der Waals surface area contributed by atoms with Gasteiger partial charge in [-0.1, -0.05) is 45.4 Å². The van der Waals surface area contributed by atoms with Gasteiger partial charge in [0.05, 0.1) is 12.3 Å². The smallest absolute Gasteiger partial charge is 0.277 e. The van der Waals surface area contributed by atoms with Gasteiger partial charge in [0.1, 0.15) is 12.4 Å². The number of likely N-dealkylation sites (N-methyl/N-ethyl adjacent to an activating group) is 1. The molecule has 0 saturated carbocycles. The number of thioether (sulfide) groups is 1. The predicted octanol–water partition coefficient (Wildman–Crippen LogP) is 4.78. The quantitative estimate of drug-likeness (QED) is 0.430. The molecule has 0 unspecified atom stereocenters. The summed E-state index contributed by atoms with van der Waals surface area (Å²) < 4.78 is 12.2. The van der Waals surface area contributed by atoms with Crippen molar-refractivity contribution in [3.05, 3.63) is 58.0 Å². The largest absolute Gasteiger partial charge is 0.492 e. The van der Waals surface area contributed by atoms with Gasteiger partial charge < -0.3 is 14.1 Å². The van der Waals surface area contributed by atoms with E-state index >= 15 is 0 Å². The number of carbonyl (C=O) groups excluding carboxylic acids is 1. The Bertz CT molecular complexity index is 936. The molecule has 146 valence electrons. The standard InChI is InChI=1S/C19H17BrClN3O3S/c1-24(9-10-26-16-7-5-14(20)6-8-16)17(25)12-28-19-23-22-18(27-19)13-3-2-4-15(21)11-13/h2-8,11H,9-10,12H2,1H3. The monoisotopic (exact) mass is 481 g/mol. The number of ether oxygens (including phenoxy) is 1. The summed E-state index contributed by atoms with van der Waals surface area (Å²) in [6.07, 6.45) is 0. The molecule has 0 fully saturated rings. The fourth-order valence-corrected chi connectivity index (χ4v) is 3.35. The first-order valence-corrected chi connectivity index (χ1v) is 10.5. The number of hydrogen-bond donors (Lipinski definition) is 0. The van der Waals surface area contributed by atoms with Crippen LogP contribution in [0.15, 0.2) is 62.6 Å². The van der Waals surface area contributed by atoms with Crippen molar-refractivity contribution in [2.75, 3.05) is 26.0 Å². The average Bonchev–Trinajstić information content (AvgIpc) is 3.16. The van der Waals surface area contributed by atoms with Gasteiger partial charge in [-0.2, -0.15) is 0 Å². The lowest BCUT2D eigenvalue weighted by Crippen LogP contribution is -2.32. The molecule has 2 aromatic carbocycles. The van der Waals surface area contributed by atoms with E-state index in [-0.39, 0.29) is 11.7 Å². The maximum atomic E-state index is 12.3. The summed E-state index contributed by atoms with van der Waals surface area (Å²) in [7, 11) is 1.74. The van der Waals surface area contributed by atoms with Crippen LogP contribution >= 0.6 is 39.3 Å². The zero-order chi connectivity index (χ0) is 19.9. The number of rotatable bonds is 8. The van der Waals surface area contributed by atoms with Crippen LogP contribution in [0.3, 0.4) is 0 Å². The van der Waals surface area contributed by atoms with Gasteiger partial charge in [-0.05, 0) is 42.5 Å². The third kappa shape index (κ3) is 5.98. The van der Waals surface area contributed by atoms with Crippen LogP contribution in [0.1, 0.15) is 0 Å². The topological polar surface area (TPSA) is 68.5 Å². The van der Waals surface area contributed by atoms with Gasteiger partial charge in [0.15, 0.2) is 0 Å². The van der Waals surface area contributed by atoms with E-state index in [0.29, 0.717) is 29.3 Å². The van der Waals surface area contributed by atoms with E-state index in [1.54, 1.807) is 24.1 Å². The summed E-state index contributed by atoms with van der Waals surface area (Å²) >= 11 is 10.5. The average molecular weight is 483 g/mol. The van der Waals surface area contributed by atoms with Crippen molar-refractivity contribution in [2.24, 2.45) is 0 Å². The van der Waals surface area contributed by atoms with E-state index in [4.69, 9.17) is 20.8 Å². The first-order valence-electron chi connectivity index (χ1n) is 8.36. The highest BCUT2D eigenvalue weighted by Crippen LogP contribution is 2.25. The molecule has 0 atom stereocenters. The van der Waals surface area contributed by atoms with Crippen LogP contribution in [0.25, 0.3) is 11.5 Å². The zero-order valence-electron chi connectivity index (χ0n) is 15.0.